The van der Waals surface area contributed by atoms with E-state index in [-0.39, 0.29) is 5.69 Å². The van der Waals surface area contributed by atoms with Crippen LogP contribution in [0.15, 0.2) is 48.2 Å². The molecule has 3 aromatic heterocycles. The van der Waals surface area contributed by atoms with Crippen LogP contribution in [0.4, 0.5) is 0 Å². The lowest BCUT2D eigenvalue weighted by Gasteiger charge is -2.03. The summed E-state index contributed by atoms with van der Waals surface area (Å²) in [5, 5.41) is 9.06. The molecule has 8 nitrogen and oxygen atoms in total. The van der Waals surface area contributed by atoms with Crippen molar-refractivity contribution in [3.05, 3.63) is 59.4 Å². The van der Waals surface area contributed by atoms with E-state index in [1.807, 2.05) is 0 Å². The first-order valence-corrected chi connectivity index (χ1v) is 7.15. The van der Waals surface area contributed by atoms with Gasteiger partial charge in [-0.05, 0) is 18.2 Å². The number of aromatic nitrogens is 6. The molecule has 0 amide bonds. The highest BCUT2D eigenvalue weighted by Crippen LogP contribution is 2.18. The molecule has 0 atom stereocenters. The van der Waals surface area contributed by atoms with Crippen molar-refractivity contribution in [1.82, 2.24) is 29.1 Å². The SMILES string of the molecule is C=CCn1c(=O)[nH]c2nc(-n3cnc4ccc(C#N)cc43)ncc21. The maximum absolute atomic E-state index is 12.0. The second kappa shape index (κ2) is 5.17. The first-order chi connectivity index (χ1) is 11.7. The number of H-pyrrole nitrogens is 1. The zero-order valence-electron chi connectivity index (χ0n) is 12.5. The number of fused-ring (bicyclic) bond motifs is 2. The smallest absolute Gasteiger partial charge is 0.290 e. The standard InChI is InChI=1S/C16H11N7O/c1-2-5-22-13-8-18-15(20-14(13)21-16(22)24)23-9-19-11-4-3-10(7-17)6-12(11)23/h2-4,6,8-9H,1,5H2,(H,18,20,21,24). The molecular weight excluding hydrogens is 306 g/mol. The molecule has 0 aliphatic heterocycles. The molecule has 0 saturated heterocycles. The molecule has 0 saturated carbocycles. The molecule has 0 aliphatic carbocycles. The molecule has 0 fully saturated rings. The largest absolute Gasteiger partial charge is 0.328 e. The third-order valence-electron chi connectivity index (χ3n) is 3.72. The van der Waals surface area contributed by atoms with Gasteiger partial charge in [-0.15, -0.1) is 6.58 Å². The predicted molar refractivity (Wildman–Crippen MR) is 87.7 cm³/mol. The molecule has 8 heteroatoms. The van der Waals surface area contributed by atoms with Crippen molar-refractivity contribution in [2.24, 2.45) is 0 Å². The lowest BCUT2D eigenvalue weighted by Crippen LogP contribution is -2.15. The Balaban J connectivity index is 1.93. The minimum atomic E-state index is -0.265. The second-order valence-corrected chi connectivity index (χ2v) is 5.16. The molecule has 0 spiro atoms. The van der Waals surface area contributed by atoms with Gasteiger partial charge in [0.05, 0.1) is 28.9 Å². The minimum Gasteiger partial charge on any atom is -0.290 e. The van der Waals surface area contributed by atoms with Crippen LogP contribution in [0.3, 0.4) is 0 Å². The van der Waals surface area contributed by atoms with Gasteiger partial charge in [0.2, 0.25) is 5.95 Å². The Morgan fingerprint density at radius 2 is 2.21 bits per heavy atom. The average Bonchev–Trinajstić information content (AvgIpc) is 3.15. The van der Waals surface area contributed by atoms with Crippen LogP contribution in [0.2, 0.25) is 0 Å². The van der Waals surface area contributed by atoms with Crippen LogP contribution < -0.4 is 5.69 Å². The summed E-state index contributed by atoms with van der Waals surface area (Å²) >= 11 is 0. The van der Waals surface area contributed by atoms with E-state index >= 15 is 0 Å². The Bertz CT molecular complexity index is 1190. The van der Waals surface area contributed by atoms with Crippen LogP contribution in [-0.2, 0) is 6.54 Å². The Labute approximate surface area is 135 Å². The highest BCUT2D eigenvalue weighted by molar-refractivity contribution is 5.79. The van der Waals surface area contributed by atoms with Gasteiger partial charge in [0.25, 0.3) is 0 Å². The normalized spacial score (nSPS) is 11.0. The summed E-state index contributed by atoms with van der Waals surface area (Å²) in [4.78, 5) is 27.7. The summed E-state index contributed by atoms with van der Waals surface area (Å²) in [7, 11) is 0. The van der Waals surface area contributed by atoms with Crippen molar-refractivity contribution in [2.45, 2.75) is 6.54 Å². The highest BCUT2D eigenvalue weighted by atomic mass is 16.1. The minimum absolute atomic E-state index is 0.265. The summed E-state index contributed by atoms with van der Waals surface area (Å²) in [6.45, 7) is 4.02. The van der Waals surface area contributed by atoms with Crippen molar-refractivity contribution in [3.8, 4) is 12.0 Å². The van der Waals surface area contributed by atoms with Crippen molar-refractivity contribution in [1.29, 1.82) is 5.26 Å². The van der Waals surface area contributed by atoms with E-state index in [0.717, 1.165) is 11.0 Å². The van der Waals surface area contributed by atoms with Gasteiger partial charge < -0.3 is 0 Å². The van der Waals surface area contributed by atoms with Gasteiger partial charge in [0, 0.05) is 6.54 Å². The summed E-state index contributed by atoms with van der Waals surface area (Å²) in [6, 6.07) is 7.30. The number of hydrogen-bond acceptors (Lipinski definition) is 5. The number of allylic oxidation sites excluding steroid dienone is 1. The molecule has 24 heavy (non-hydrogen) atoms. The fourth-order valence-electron chi connectivity index (χ4n) is 2.60. The number of nitrogens with zero attached hydrogens (tertiary/aromatic N) is 6. The van der Waals surface area contributed by atoms with Gasteiger partial charge in [-0.3, -0.25) is 14.1 Å². The fraction of sp³-hybridized carbons (Fsp3) is 0.0625. The van der Waals surface area contributed by atoms with Crippen LogP contribution in [0.1, 0.15) is 5.56 Å². The van der Waals surface area contributed by atoms with Gasteiger partial charge in [-0.1, -0.05) is 6.08 Å². The third kappa shape index (κ3) is 1.99. The van der Waals surface area contributed by atoms with Crippen LogP contribution in [0, 0.1) is 11.3 Å². The van der Waals surface area contributed by atoms with Crippen LogP contribution in [0.25, 0.3) is 28.1 Å². The molecule has 1 aromatic carbocycles. The molecule has 3 heterocycles. The first-order valence-electron chi connectivity index (χ1n) is 7.15. The average molecular weight is 317 g/mol. The summed E-state index contributed by atoms with van der Waals surface area (Å²) in [5.41, 5.74) is 2.75. The van der Waals surface area contributed by atoms with Gasteiger partial charge in [-0.2, -0.15) is 10.2 Å². The summed E-state index contributed by atoms with van der Waals surface area (Å²) in [6.07, 6.45) is 4.81. The monoisotopic (exact) mass is 317 g/mol. The van der Waals surface area contributed by atoms with E-state index in [4.69, 9.17) is 5.26 Å². The van der Waals surface area contributed by atoms with E-state index in [1.54, 1.807) is 41.4 Å². The van der Waals surface area contributed by atoms with Crippen molar-refractivity contribution in [3.63, 3.8) is 0 Å². The molecule has 4 aromatic rings. The summed E-state index contributed by atoms with van der Waals surface area (Å²) < 4.78 is 3.19. The Morgan fingerprint density at radius 3 is 3.00 bits per heavy atom. The second-order valence-electron chi connectivity index (χ2n) is 5.16. The van der Waals surface area contributed by atoms with Gasteiger partial charge in [0.1, 0.15) is 11.8 Å². The molecule has 116 valence electrons. The zero-order valence-corrected chi connectivity index (χ0v) is 12.5. The first kappa shape index (κ1) is 13.9. The van der Waals surface area contributed by atoms with Gasteiger partial charge in [0.15, 0.2) is 5.65 Å². The maximum Gasteiger partial charge on any atom is 0.328 e. The van der Waals surface area contributed by atoms with E-state index in [9.17, 15) is 4.79 Å². The fourth-order valence-corrected chi connectivity index (χ4v) is 2.60. The van der Waals surface area contributed by atoms with Crippen molar-refractivity contribution >= 4 is 22.2 Å². The number of benzene rings is 1. The molecule has 1 N–H and O–H groups in total. The van der Waals surface area contributed by atoms with Crippen LogP contribution in [-0.4, -0.2) is 29.1 Å². The van der Waals surface area contributed by atoms with Crippen LogP contribution in [0.5, 0.6) is 0 Å². The number of imidazole rings is 2. The van der Waals surface area contributed by atoms with Crippen LogP contribution >= 0.6 is 0 Å². The van der Waals surface area contributed by atoms with E-state index in [2.05, 4.69) is 32.6 Å². The number of nitrogens with one attached hydrogen (secondary N) is 1. The van der Waals surface area contributed by atoms with E-state index < -0.39 is 0 Å². The summed E-state index contributed by atoms with van der Waals surface area (Å²) in [5.74, 6) is 0.368. The molecule has 4 rings (SSSR count). The Kier molecular flexibility index (Phi) is 2.99. The van der Waals surface area contributed by atoms with Gasteiger partial charge >= 0.3 is 5.69 Å². The van der Waals surface area contributed by atoms with Crippen molar-refractivity contribution in [2.75, 3.05) is 0 Å². The molecule has 0 bridgehead atoms. The predicted octanol–water partition coefficient (Wildman–Crippen LogP) is 1.52. The van der Waals surface area contributed by atoms with E-state index in [1.165, 1.54) is 4.57 Å². The third-order valence-corrected chi connectivity index (χ3v) is 3.72. The van der Waals surface area contributed by atoms with Crippen molar-refractivity contribution < 1.29 is 0 Å². The lowest BCUT2D eigenvalue weighted by atomic mass is 10.2. The molecule has 0 unspecified atom stereocenters. The molecular formula is C16H11N7O. The maximum atomic E-state index is 12.0. The number of nitriles is 1. The van der Waals surface area contributed by atoms with E-state index in [0.29, 0.717) is 29.2 Å². The Hall–Kier alpha value is -3.73. The topological polar surface area (TPSA) is 105 Å². The van der Waals surface area contributed by atoms with Gasteiger partial charge in [-0.25, -0.2) is 14.8 Å². The number of hydrogen-bond donors (Lipinski definition) is 1. The molecule has 0 radical (unpaired) electrons. The zero-order chi connectivity index (χ0) is 16.7. The Morgan fingerprint density at radius 1 is 1.33 bits per heavy atom. The molecule has 0 aliphatic rings. The number of rotatable bonds is 3. The quantitative estimate of drug-likeness (QED) is 0.577. The highest BCUT2D eigenvalue weighted by Gasteiger charge is 2.12. The number of aromatic amines is 1. The lowest BCUT2D eigenvalue weighted by molar-refractivity contribution is 0.807.